The van der Waals surface area contributed by atoms with Crippen LogP contribution in [-0.2, 0) is 0 Å². The van der Waals surface area contributed by atoms with Crippen LogP contribution < -0.4 is 11.5 Å². The number of aromatic hydroxyl groups is 3. The third-order valence-corrected chi connectivity index (χ3v) is 2.21. The summed E-state index contributed by atoms with van der Waals surface area (Å²) in [6, 6.07) is 1.82. The Balaban J connectivity index is 2.92. The number of phenolic OH excluding ortho intramolecular Hbond substituents is 3. The first kappa shape index (κ1) is 11.6. The van der Waals surface area contributed by atoms with E-state index in [-0.39, 0.29) is 22.8 Å². The van der Waals surface area contributed by atoms with Crippen LogP contribution in [0, 0.1) is 0 Å². The van der Waals surface area contributed by atoms with Gasteiger partial charge in [0.1, 0.15) is 17.2 Å². The van der Waals surface area contributed by atoms with Gasteiger partial charge in [0.2, 0.25) is 0 Å². The van der Waals surface area contributed by atoms with Crippen LogP contribution in [0.2, 0.25) is 0 Å². The van der Waals surface area contributed by atoms with Crippen LogP contribution in [0.25, 0.3) is 0 Å². The molecule has 0 aliphatic carbocycles. The molecule has 0 bridgehead atoms. The lowest BCUT2D eigenvalue weighted by Crippen LogP contribution is -2.12. The van der Waals surface area contributed by atoms with E-state index in [0.717, 1.165) is 12.1 Å². The number of rotatable bonds is 4. The van der Waals surface area contributed by atoms with Crippen molar-refractivity contribution in [1.29, 1.82) is 0 Å². The summed E-state index contributed by atoms with van der Waals surface area (Å²) in [6.07, 6.45) is 1.28. The van der Waals surface area contributed by atoms with Crippen LogP contribution in [0.1, 0.15) is 24.4 Å². The van der Waals surface area contributed by atoms with Gasteiger partial charge in [-0.05, 0) is 19.4 Å². The predicted molar refractivity (Wildman–Crippen MR) is 56.7 cm³/mol. The molecule has 0 aliphatic heterocycles. The standard InChI is InChI=1S/C10H16N2O3/c11-3-1-2-7(12)10-8(14)4-6(13)5-9(10)15/h4-5,7,13-15H,1-3,11-12H2/t7-/m0/s1. The average molecular weight is 212 g/mol. The van der Waals surface area contributed by atoms with E-state index in [4.69, 9.17) is 16.6 Å². The first-order valence-electron chi connectivity index (χ1n) is 4.76. The Hall–Kier alpha value is -1.46. The molecule has 84 valence electrons. The predicted octanol–water partition coefficient (Wildman–Crippen LogP) is 0.542. The maximum atomic E-state index is 9.51. The molecule has 0 aliphatic rings. The number of benzene rings is 1. The zero-order valence-electron chi connectivity index (χ0n) is 8.35. The Labute approximate surface area is 88.0 Å². The molecule has 0 saturated carbocycles. The van der Waals surface area contributed by atoms with Crippen LogP contribution in [0.15, 0.2) is 12.1 Å². The van der Waals surface area contributed by atoms with E-state index < -0.39 is 6.04 Å². The second-order valence-corrected chi connectivity index (χ2v) is 3.44. The second-order valence-electron chi connectivity index (χ2n) is 3.44. The number of nitrogens with two attached hydrogens (primary N) is 2. The highest BCUT2D eigenvalue weighted by molar-refractivity contribution is 5.50. The molecule has 0 unspecified atom stereocenters. The summed E-state index contributed by atoms with van der Waals surface area (Å²) >= 11 is 0. The maximum absolute atomic E-state index is 9.51. The Morgan fingerprint density at radius 2 is 1.67 bits per heavy atom. The van der Waals surface area contributed by atoms with Crippen LogP contribution in [0.5, 0.6) is 17.2 Å². The highest BCUT2D eigenvalue weighted by atomic mass is 16.3. The van der Waals surface area contributed by atoms with Crippen molar-refractivity contribution >= 4 is 0 Å². The molecular formula is C10H16N2O3. The molecule has 0 fully saturated rings. The fourth-order valence-electron chi connectivity index (χ4n) is 1.47. The molecule has 0 amide bonds. The highest BCUT2D eigenvalue weighted by Gasteiger charge is 2.16. The van der Waals surface area contributed by atoms with Crippen LogP contribution in [0.4, 0.5) is 0 Å². The number of phenols is 3. The molecule has 1 atom stereocenters. The van der Waals surface area contributed by atoms with Gasteiger partial charge in [0.25, 0.3) is 0 Å². The van der Waals surface area contributed by atoms with E-state index in [1.54, 1.807) is 0 Å². The third kappa shape index (κ3) is 2.74. The SMILES string of the molecule is NCCC[C@H](N)c1c(O)cc(O)cc1O. The Bertz CT molecular complexity index is 318. The Morgan fingerprint density at radius 3 is 2.13 bits per heavy atom. The van der Waals surface area contributed by atoms with Crippen molar-refractivity contribution in [3.05, 3.63) is 17.7 Å². The minimum Gasteiger partial charge on any atom is -0.508 e. The van der Waals surface area contributed by atoms with Crippen molar-refractivity contribution in [2.75, 3.05) is 6.54 Å². The smallest absolute Gasteiger partial charge is 0.127 e. The van der Waals surface area contributed by atoms with Crippen molar-refractivity contribution in [3.63, 3.8) is 0 Å². The molecule has 0 heterocycles. The van der Waals surface area contributed by atoms with Gasteiger partial charge in [-0.2, -0.15) is 0 Å². The molecule has 5 nitrogen and oxygen atoms in total. The summed E-state index contributed by atoms with van der Waals surface area (Å²) in [7, 11) is 0. The van der Waals surface area contributed by atoms with Gasteiger partial charge < -0.3 is 26.8 Å². The largest absolute Gasteiger partial charge is 0.508 e. The molecule has 0 spiro atoms. The summed E-state index contributed by atoms with van der Waals surface area (Å²) in [5, 5.41) is 28.1. The fourth-order valence-corrected chi connectivity index (χ4v) is 1.47. The monoisotopic (exact) mass is 212 g/mol. The minimum atomic E-state index is -0.478. The summed E-state index contributed by atoms with van der Waals surface area (Å²) in [5.74, 6) is -0.589. The van der Waals surface area contributed by atoms with Gasteiger partial charge >= 0.3 is 0 Å². The molecule has 0 saturated heterocycles. The Kier molecular flexibility index (Phi) is 3.76. The molecule has 15 heavy (non-hydrogen) atoms. The van der Waals surface area contributed by atoms with E-state index in [9.17, 15) is 10.2 Å². The minimum absolute atomic E-state index is 0.195. The lowest BCUT2D eigenvalue weighted by Gasteiger charge is -2.15. The van der Waals surface area contributed by atoms with Crippen LogP contribution >= 0.6 is 0 Å². The van der Waals surface area contributed by atoms with Crippen LogP contribution in [0.3, 0.4) is 0 Å². The first-order chi connectivity index (χ1) is 7.06. The van der Waals surface area contributed by atoms with Gasteiger partial charge in [-0.25, -0.2) is 0 Å². The zero-order valence-corrected chi connectivity index (χ0v) is 8.35. The lowest BCUT2D eigenvalue weighted by molar-refractivity contribution is 0.408. The summed E-state index contributed by atoms with van der Waals surface area (Å²) in [5.41, 5.74) is 11.4. The van der Waals surface area contributed by atoms with Gasteiger partial charge in [0, 0.05) is 18.2 Å². The molecule has 7 N–H and O–H groups in total. The molecular weight excluding hydrogens is 196 g/mol. The van der Waals surface area contributed by atoms with Gasteiger partial charge in [-0.3, -0.25) is 0 Å². The van der Waals surface area contributed by atoms with Crippen molar-refractivity contribution in [2.45, 2.75) is 18.9 Å². The topological polar surface area (TPSA) is 113 Å². The number of hydrogen-bond donors (Lipinski definition) is 5. The van der Waals surface area contributed by atoms with Crippen molar-refractivity contribution in [1.82, 2.24) is 0 Å². The number of hydrogen-bond acceptors (Lipinski definition) is 5. The van der Waals surface area contributed by atoms with E-state index in [1.807, 2.05) is 0 Å². The average Bonchev–Trinajstić information content (AvgIpc) is 2.12. The summed E-state index contributed by atoms with van der Waals surface area (Å²) in [4.78, 5) is 0. The molecule has 1 rings (SSSR count). The van der Waals surface area contributed by atoms with E-state index >= 15 is 0 Å². The molecule has 1 aromatic rings. The van der Waals surface area contributed by atoms with Crippen LogP contribution in [-0.4, -0.2) is 21.9 Å². The fraction of sp³-hybridized carbons (Fsp3) is 0.400. The van der Waals surface area contributed by atoms with Gasteiger partial charge in [0.05, 0.1) is 5.56 Å². The van der Waals surface area contributed by atoms with E-state index in [2.05, 4.69) is 0 Å². The summed E-state index contributed by atoms with van der Waals surface area (Å²) < 4.78 is 0. The normalized spacial score (nSPS) is 12.7. The van der Waals surface area contributed by atoms with Crippen molar-refractivity contribution in [3.8, 4) is 17.2 Å². The van der Waals surface area contributed by atoms with Crippen molar-refractivity contribution < 1.29 is 15.3 Å². The van der Waals surface area contributed by atoms with Gasteiger partial charge in [0.15, 0.2) is 0 Å². The first-order valence-corrected chi connectivity index (χ1v) is 4.76. The lowest BCUT2D eigenvalue weighted by atomic mass is 10.0. The third-order valence-electron chi connectivity index (χ3n) is 2.21. The van der Waals surface area contributed by atoms with E-state index in [1.165, 1.54) is 0 Å². The molecule has 0 aromatic heterocycles. The summed E-state index contributed by atoms with van der Waals surface area (Å²) in [6.45, 7) is 0.507. The quantitative estimate of drug-likeness (QED) is 0.500. The van der Waals surface area contributed by atoms with Gasteiger partial charge in [-0.15, -0.1) is 0 Å². The van der Waals surface area contributed by atoms with Crippen molar-refractivity contribution in [2.24, 2.45) is 11.5 Å². The molecule has 1 aromatic carbocycles. The van der Waals surface area contributed by atoms with Gasteiger partial charge in [-0.1, -0.05) is 0 Å². The second kappa shape index (κ2) is 4.86. The van der Waals surface area contributed by atoms with E-state index in [0.29, 0.717) is 19.4 Å². The maximum Gasteiger partial charge on any atom is 0.127 e. The zero-order chi connectivity index (χ0) is 11.4. The highest BCUT2D eigenvalue weighted by Crippen LogP contribution is 2.36. The molecule has 5 heteroatoms. The molecule has 0 radical (unpaired) electrons. The Morgan fingerprint density at radius 1 is 1.13 bits per heavy atom.